The fourth-order valence-electron chi connectivity index (χ4n) is 0.276. The smallest absolute Gasteiger partial charge is 0.307 e. The zero-order valence-electron chi connectivity index (χ0n) is 6.02. The first-order chi connectivity index (χ1) is 4.95. The van der Waals surface area contributed by atoms with Crippen LogP contribution in [0.5, 0.6) is 0 Å². The van der Waals surface area contributed by atoms with Crippen LogP contribution in [0.25, 0.3) is 0 Å². The van der Waals surface area contributed by atoms with Gasteiger partial charge in [-0.1, -0.05) is 13.0 Å². The van der Waals surface area contributed by atoms with Crippen LogP contribution in [-0.2, 0) is 4.18 Å². The van der Waals surface area contributed by atoms with E-state index in [0.29, 0.717) is 0 Å². The Morgan fingerprint density at radius 2 is 2.18 bits per heavy atom. The van der Waals surface area contributed by atoms with Crippen LogP contribution in [-0.4, -0.2) is 12.1 Å². The fraction of sp³-hybridized carbons (Fsp3) is 0.667. The SMILES string of the molecule is C=CC(C)COSC(F)(F)F. The van der Waals surface area contributed by atoms with E-state index >= 15 is 0 Å². The highest BCUT2D eigenvalue weighted by atomic mass is 32.2. The van der Waals surface area contributed by atoms with Crippen LogP contribution in [0.1, 0.15) is 6.92 Å². The molecule has 0 amide bonds. The van der Waals surface area contributed by atoms with Gasteiger partial charge in [-0.2, -0.15) is 13.2 Å². The second kappa shape index (κ2) is 4.66. The van der Waals surface area contributed by atoms with E-state index in [0.717, 1.165) is 0 Å². The molecule has 11 heavy (non-hydrogen) atoms. The molecule has 0 bridgehead atoms. The van der Waals surface area contributed by atoms with Gasteiger partial charge in [0.2, 0.25) is 0 Å². The molecule has 0 heterocycles. The quantitative estimate of drug-likeness (QED) is 0.493. The van der Waals surface area contributed by atoms with Gasteiger partial charge in [-0.15, -0.1) is 6.58 Å². The molecule has 0 aliphatic carbocycles. The molecule has 0 rings (SSSR count). The lowest BCUT2D eigenvalue weighted by Crippen LogP contribution is -2.05. The van der Waals surface area contributed by atoms with E-state index in [4.69, 9.17) is 0 Å². The molecule has 0 aliphatic rings. The summed E-state index contributed by atoms with van der Waals surface area (Å²) in [7, 11) is 0. The topological polar surface area (TPSA) is 9.23 Å². The fourth-order valence-corrected chi connectivity index (χ4v) is 0.693. The highest BCUT2D eigenvalue weighted by molar-refractivity contribution is 7.95. The zero-order chi connectivity index (χ0) is 8.91. The van der Waals surface area contributed by atoms with Crippen molar-refractivity contribution in [3.63, 3.8) is 0 Å². The van der Waals surface area contributed by atoms with Gasteiger partial charge in [0.25, 0.3) is 0 Å². The summed E-state index contributed by atoms with van der Waals surface area (Å²) in [5.74, 6) is -0.0511. The minimum atomic E-state index is -4.30. The highest BCUT2D eigenvalue weighted by Crippen LogP contribution is 2.31. The first kappa shape index (κ1) is 10.8. The van der Waals surface area contributed by atoms with E-state index in [1.807, 2.05) is 0 Å². The molecule has 66 valence electrons. The lowest BCUT2D eigenvalue weighted by atomic mass is 10.2. The Morgan fingerprint density at radius 1 is 1.64 bits per heavy atom. The predicted molar refractivity (Wildman–Crippen MR) is 39.0 cm³/mol. The van der Waals surface area contributed by atoms with Gasteiger partial charge in [0.1, 0.15) is 12.0 Å². The Balaban J connectivity index is 3.35. The molecule has 0 aliphatic heterocycles. The van der Waals surface area contributed by atoms with Crippen LogP contribution in [0.3, 0.4) is 0 Å². The normalized spacial score (nSPS) is 14.5. The van der Waals surface area contributed by atoms with Gasteiger partial charge in [-0.05, 0) is 5.92 Å². The predicted octanol–water partition coefficient (Wildman–Crippen LogP) is 2.99. The van der Waals surface area contributed by atoms with Gasteiger partial charge < -0.3 is 4.18 Å². The third-order valence-electron chi connectivity index (χ3n) is 0.887. The summed E-state index contributed by atoms with van der Waals surface area (Å²) >= 11 is -0.471. The summed E-state index contributed by atoms with van der Waals surface area (Å²) < 4.78 is 38.5. The highest BCUT2D eigenvalue weighted by Gasteiger charge is 2.29. The van der Waals surface area contributed by atoms with Gasteiger partial charge in [-0.25, -0.2) is 0 Å². The number of hydrogen-bond donors (Lipinski definition) is 0. The molecule has 0 aromatic heterocycles. The first-order valence-corrected chi connectivity index (χ1v) is 3.70. The Bertz CT molecular complexity index is 123. The minimum Gasteiger partial charge on any atom is -0.307 e. The average Bonchev–Trinajstić information content (AvgIpc) is 1.85. The molecule has 1 unspecified atom stereocenters. The summed E-state index contributed by atoms with van der Waals surface area (Å²) in [5, 5.41) is 0. The van der Waals surface area contributed by atoms with E-state index in [9.17, 15) is 13.2 Å². The van der Waals surface area contributed by atoms with E-state index in [1.54, 1.807) is 6.92 Å². The largest absolute Gasteiger partial charge is 0.467 e. The van der Waals surface area contributed by atoms with Crippen LogP contribution >= 0.6 is 12.0 Å². The van der Waals surface area contributed by atoms with Gasteiger partial charge >= 0.3 is 5.51 Å². The van der Waals surface area contributed by atoms with E-state index in [1.165, 1.54) is 6.08 Å². The third kappa shape index (κ3) is 7.74. The molecule has 0 radical (unpaired) electrons. The standard InChI is InChI=1S/C6H9F3OS/c1-3-5(2)4-10-11-6(7,8)9/h3,5H,1,4H2,2H3. The Morgan fingerprint density at radius 3 is 2.55 bits per heavy atom. The molecular formula is C6H9F3OS. The average molecular weight is 186 g/mol. The summed E-state index contributed by atoms with van der Waals surface area (Å²) in [5.41, 5.74) is -4.30. The Kier molecular flexibility index (Phi) is 4.60. The van der Waals surface area contributed by atoms with Crippen molar-refractivity contribution < 1.29 is 17.4 Å². The van der Waals surface area contributed by atoms with E-state index < -0.39 is 17.6 Å². The molecule has 0 saturated heterocycles. The van der Waals surface area contributed by atoms with Crippen LogP contribution in [0, 0.1) is 5.92 Å². The van der Waals surface area contributed by atoms with E-state index in [2.05, 4.69) is 10.8 Å². The molecular weight excluding hydrogens is 177 g/mol. The summed E-state index contributed by atoms with van der Waals surface area (Å²) in [4.78, 5) is 0. The minimum absolute atomic E-state index is 0.0354. The van der Waals surface area contributed by atoms with Crippen molar-refractivity contribution in [3.05, 3.63) is 12.7 Å². The summed E-state index contributed by atoms with van der Waals surface area (Å²) in [6.07, 6.45) is 1.54. The van der Waals surface area contributed by atoms with Crippen molar-refractivity contribution in [2.75, 3.05) is 6.61 Å². The maximum absolute atomic E-state index is 11.4. The van der Waals surface area contributed by atoms with Crippen LogP contribution in [0.4, 0.5) is 13.2 Å². The third-order valence-corrected chi connectivity index (χ3v) is 1.33. The van der Waals surface area contributed by atoms with Crippen LogP contribution in [0.15, 0.2) is 12.7 Å². The molecule has 5 heteroatoms. The lowest BCUT2D eigenvalue weighted by Gasteiger charge is -2.07. The second-order valence-corrected chi connectivity index (χ2v) is 2.89. The van der Waals surface area contributed by atoms with Crippen molar-refractivity contribution in [2.45, 2.75) is 12.4 Å². The molecule has 0 spiro atoms. The molecule has 0 aromatic carbocycles. The summed E-state index contributed by atoms with van der Waals surface area (Å²) in [6, 6.07) is 0. The van der Waals surface area contributed by atoms with Crippen molar-refractivity contribution in [3.8, 4) is 0 Å². The number of hydrogen-bond acceptors (Lipinski definition) is 2. The molecule has 0 fully saturated rings. The first-order valence-electron chi connectivity index (χ1n) is 2.95. The zero-order valence-corrected chi connectivity index (χ0v) is 6.84. The second-order valence-electron chi connectivity index (χ2n) is 2.03. The van der Waals surface area contributed by atoms with Gasteiger partial charge in [0.15, 0.2) is 0 Å². The number of alkyl halides is 3. The van der Waals surface area contributed by atoms with Gasteiger partial charge in [0, 0.05) is 0 Å². The van der Waals surface area contributed by atoms with Crippen molar-refractivity contribution >= 4 is 12.0 Å². The molecule has 1 atom stereocenters. The monoisotopic (exact) mass is 186 g/mol. The molecule has 0 aromatic rings. The van der Waals surface area contributed by atoms with Crippen molar-refractivity contribution in [2.24, 2.45) is 5.92 Å². The molecule has 0 saturated carbocycles. The van der Waals surface area contributed by atoms with Gasteiger partial charge in [-0.3, -0.25) is 0 Å². The maximum atomic E-state index is 11.4. The molecule has 1 nitrogen and oxygen atoms in total. The van der Waals surface area contributed by atoms with E-state index in [-0.39, 0.29) is 12.5 Å². The Hall–Kier alpha value is -0.160. The van der Waals surface area contributed by atoms with Crippen LogP contribution in [0.2, 0.25) is 0 Å². The molecule has 0 N–H and O–H groups in total. The van der Waals surface area contributed by atoms with Crippen molar-refractivity contribution in [1.29, 1.82) is 0 Å². The van der Waals surface area contributed by atoms with Crippen molar-refractivity contribution in [1.82, 2.24) is 0 Å². The van der Waals surface area contributed by atoms with Crippen LogP contribution < -0.4 is 0 Å². The maximum Gasteiger partial charge on any atom is 0.467 e. The lowest BCUT2D eigenvalue weighted by molar-refractivity contribution is -0.0399. The summed E-state index contributed by atoms with van der Waals surface area (Å²) in [6.45, 7) is 5.17. The number of rotatable bonds is 4. The Labute approximate surface area is 67.8 Å². The number of halogens is 3. The van der Waals surface area contributed by atoms with Gasteiger partial charge in [0.05, 0.1) is 6.61 Å².